The van der Waals surface area contributed by atoms with E-state index in [1.165, 1.54) is 6.08 Å². The van der Waals surface area contributed by atoms with E-state index in [4.69, 9.17) is 4.74 Å². The summed E-state index contributed by atoms with van der Waals surface area (Å²) in [6.45, 7) is 1.58. The molecule has 3 nitrogen and oxygen atoms in total. The molecular weight excluding hydrogens is 311 g/mol. The van der Waals surface area contributed by atoms with E-state index in [9.17, 15) is 26.7 Å². The molecule has 0 amide bonds. The highest BCUT2D eigenvalue weighted by Crippen LogP contribution is 2.36. The van der Waals surface area contributed by atoms with Gasteiger partial charge in [0.05, 0.1) is 0 Å². The van der Waals surface area contributed by atoms with Crippen LogP contribution in [0.5, 0.6) is 5.75 Å². The second-order valence-electron chi connectivity index (χ2n) is 4.56. The Morgan fingerprint density at radius 3 is 2.55 bits per heavy atom. The Morgan fingerprint density at radius 2 is 1.95 bits per heavy atom. The van der Waals surface area contributed by atoms with Gasteiger partial charge >= 0.3 is 12.3 Å². The Morgan fingerprint density at radius 1 is 1.27 bits per heavy atom. The van der Waals surface area contributed by atoms with Crippen molar-refractivity contribution in [2.45, 2.75) is 32.5 Å². The summed E-state index contributed by atoms with van der Waals surface area (Å²) in [5.41, 5.74) is -0.0911. The van der Waals surface area contributed by atoms with Crippen LogP contribution in [0.4, 0.5) is 22.0 Å². The number of ether oxygens (including phenoxy) is 2. The molecule has 0 saturated heterocycles. The van der Waals surface area contributed by atoms with E-state index >= 15 is 0 Å². The third kappa shape index (κ3) is 3.55. The number of allylic oxidation sites excluding steroid dienone is 1. The van der Waals surface area contributed by atoms with Crippen molar-refractivity contribution in [1.29, 1.82) is 0 Å². The lowest BCUT2D eigenvalue weighted by atomic mass is 9.95. The maximum absolute atomic E-state index is 14.0. The predicted molar refractivity (Wildman–Crippen MR) is 65.7 cm³/mol. The number of benzene rings is 1. The number of carbonyl (C=O) groups is 1. The van der Waals surface area contributed by atoms with Gasteiger partial charge in [-0.05, 0) is 29.7 Å². The van der Waals surface area contributed by atoms with Crippen molar-refractivity contribution in [2.75, 3.05) is 0 Å². The first-order valence-corrected chi connectivity index (χ1v) is 6.39. The van der Waals surface area contributed by atoms with Crippen molar-refractivity contribution in [3.63, 3.8) is 0 Å². The van der Waals surface area contributed by atoms with Crippen LogP contribution in [0.2, 0.25) is 0 Å². The molecule has 0 fully saturated rings. The Balaban J connectivity index is 2.38. The molecule has 0 saturated carbocycles. The molecule has 1 aliphatic rings. The highest BCUT2D eigenvalue weighted by atomic mass is 19.4. The van der Waals surface area contributed by atoms with Crippen LogP contribution < -0.4 is 4.74 Å². The second kappa shape index (κ2) is 5.94. The van der Waals surface area contributed by atoms with E-state index in [0.717, 1.165) is 6.07 Å². The summed E-state index contributed by atoms with van der Waals surface area (Å²) < 4.78 is 72.4. The van der Waals surface area contributed by atoms with Crippen LogP contribution in [-0.2, 0) is 16.0 Å². The number of carbonyl (C=O) groups excluding carboxylic acids is 1. The minimum atomic E-state index is -5.19. The molecule has 0 heterocycles. The second-order valence-corrected chi connectivity index (χ2v) is 4.56. The van der Waals surface area contributed by atoms with Crippen LogP contribution in [0, 0.1) is 11.6 Å². The predicted octanol–water partition coefficient (Wildman–Crippen LogP) is 4.10. The molecule has 0 aliphatic heterocycles. The SMILES string of the molecule is CCC(=O)OC1=Cc2cc(F)c(OC(F)(F)F)c(F)c2CC1. The molecule has 0 bridgehead atoms. The molecule has 120 valence electrons. The average molecular weight is 322 g/mol. The maximum Gasteiger partial charge on any atom is 0.573 e. The Hall–Kier alpha value is -2.12. The van der Waals surface area contributed by atoms with Crippen molar-refractivity contribution in [3.05, 3.63) is 34.6 Å². The third-order valence-electron chi connectivity index (χ3n) is 3.00. The zero-order chi connectivity index (χ0) is 16.5. The number of hydrogen-bond acceptors (Lipinski definition) is 3. The molecule has 0 spiro atoms. The van der Waals surface area contributed by atoms with E-state index in [1.54, 1.807) is 6.92 Å². The zero-order valence-electron chi connectivity index (χ0n) is 11.4. The van der Waals surface area contributed by atoms with Gasteiger partial charge in [-0.25, -0.2) is 8.78 Å². The van der Waals surface area contributed by atoms with Gasteiger partial charge in [0.1, 0.15) is 5.76 Å². The molecule has 0 unspecified atom stereocenters. The topological polar surface area (TPSA) is 35.5 Å². The smallest absolute Gasteiger partial charge is 0.431 e. The number of alkyl halides is 3. The van der Waals surface area contributed by atoms with E-state index in [1.807, 2.05) is 0 Å². The fraction of sp³-hybridized carbons (Fsp3) is 0.357. The monoisotopic (exact) mass is 322 g/mol. The summed E-state index contributed by atoms with van der Waals surface area (Å²) in [5, 5.41) is 0. The van der Waals surface area contributed by atoms with Crippen LogP contribution in [0.3, 0.4) is 0 Å². The molecule has 0 atom stereocenters. The first-order valence-electron chi connectivity index (χ1n) is 6.39. The van der Waals surface area contributed by atoms with Gasteiger partial charge in [-0.15, -0.1) is 13.2 Å². The van der Waals surface area contributed by atoms with Crippen molar-refractivity contribution in [2.24, 2.45) is 0 Å². The molecule has 0 N–H and O–H groups in total. The van der Waals surface area contributed by atoms with E-state index in [0.29, 0.717) is 0 Å². The van der Waals surface area contributed by atoms with Gasteiger partial charge in [-0.1, -0.05) is 6.92 Å². The number of esters is 1. The number of hydrogen-bond donors (Lipinski definition) is 0. The molecular formula is C14H11F5O3. The Labute approximate surface area is 122 Å². The first-order chi connectivity index (χ1) is 10.2. The van der Waals surface area contributed by atoms with E-state index in [2.05, 4.69) is 4.74 Å². The molecule has 2 rings (SSSR count). The number of halogens is 5. The Bertz CT molecular complexity index is 634. The minimum Gasteiger partial charge on any atom is -0.431 e. The van der Waals surface area contributed by atoms with Crippen LogP contribution in [0.25, 0.3) is 6.08 Å². The lowest BCUT2D eigenvalue weighted by molar-refractivity contribution is -0.276. The van der Waals surface area contributed by atoms with Gasteiger partial charge in [-0.3, -0.25) is 4.79 Å². The fourth-order valence-electron chi connectivity index (χ4n) is 2.04. The van der Waals surface area contributed by atoms with Gasteiger partial charge < -0.3 is 9.47 Å². The van der Waals surface area contributed by atoms with Gasteiger partial charge in [0.25, 0.3) is 0 Å². The van der Waals surface area contributed by atoms with E-state index in [-0.39, 0.29) is 36.1 Å². The summed E-state index contributed by atoms with van der Waals surface area (Å²) in [4.78, 5) is 11.2. The Kier molecular flexibility index (Phi) is 4.39. The van der Waals surface area contributed by atoms with Crippen LogP contribution >= 0.6 is 0 Å². The molecule has 1 aromatic carbocycles. The normalized spacial score (nSPS) is 14.2. The van der Waals surface area contributed by atoms with Crippen LogP contribution in [-0.4, -0.2) is 12.3 Å². The molecule has 1 aliphatic carbocycles. The van der Waals surface area contributed by atoms with Gasteiger partial charge in [0.15, 0.2) is 11.6 Å². The van der Waals surface area contributed by atoms with Crippen LogP contribution in [0.15, 0.2) is 11.8 Å². The van der Waals surface area contributed by atoms with Crippen molar-refractivity contribution < 1.29 is 36.2 Å². The summed E-state index contributed by atoms with van der Waals surface area (Å²) in [6, 6.07) is 0.721. The maximum atomic E-state index is 14.0. The van der Waals surface area contributed by atoms with Crippen LogP contribution in [0.1, 0.15) is 30.9 Å². The number of rotatable bonds is 3. The molecule has 22 heavy (non-hydrogen) atoms. The lowest BCUT2D eigenvalue weighted by Crippen LogP contribution is -2.20. The van der Waals surface area contributed by atoms with Gasteiger partial charge in [-0.2, -0.15) is 0 Å². The molecule has 0 radical (unpaired) electrons. The third-order valence-corrected chi connectivity index (χ3v) is 3.00. The van der Waals surface area contributed by atoms with Crippen molar-refractivity contribution in [3.8, 4) is 5.75 Å². The van der Waals surface area contributed by atoms with Gasteiger partial charge in [0, 0.05) is 12.8 Å². The van der Waals surface area contributed by atoms with Crippen molar-refractivity contribution in [1.82, 2.24) is 0 Å². The highest BCUT2D eigenvalue weighted by Gasteiger charge is 2.35. The first kappa shape index (κ1) is 16.3. The number of fused-ring (bicyclic) bond motifs is 1. The molecule has 0 aromatic heterocycles. The van der Waals surface area contributed by atoms with E-state index < -0.39 is 29.7 Å². The zero-order valence-corrected chi connectivity index (χ0v) is 11.4. The van der Waals surface area contributed by atoms with Gasteiger partial charge in [0.2, 0.25) is 5.75 Å². The summed E-state index contributed by atoms with van der Waals surface area (Å²) in [6.07, 6.45) is -3.74. The van der Waals surface area contributed by atoms with Crippen molar-refractivity contribution >= 4 is 12.0 Å². The standard InChI is InChI=1S/C14H11F5O3/c1-2-11(20)21-8-3-4-9-7(5-8)6-10(15)13(12(9)16)22-14(17,18)19/h5-6H,2-4H2,1H3. The largest absolute Gasteiger partial charge is 0.573 e. The quantitative estimate of drug-likeness (QED) is 0.621. The summed E-state index contributed by atoms with van der Waals surface area (Å²) in [7, 11) is 0. The highest BCUT2D eigenvalue weighted by molar-refractivity contribution is 5.72. The summed E-state index contributed by atoms with van der Waals surface area (Å²) >= 11 is 0. The minimum absolute atomic E-state index is 0.0228. The lowest BCUT2D eigenvalue weighted by Gasteiger charge is -2.19. The summed E-state index contributed by atoms with van der Waals surface area (Å²) in [5.74, 6) is -4.65. The average Bonchev–Trinajstić information content (AvgIpc) is 2.42. The fourth-order valence-corrected chi connectivity index (χ4v) is 2.04. The molecule has 8 heteroatoms. The molecule has 1 aromatic rings.